The van der Waals surface area contributed by atoms with Gasteiger partial charge in [-0.3, -0.25) is 0 Å². The van der Waals surface area contributed by atoms with E-state index < -0.39 is 0 Å². The van der Waals surface area contributed by atoms with Gasteiger partial charge in [0.15, 0.2) is 0 Å². The Bertz CT molecular complexity index is 441. The van der Waals surface area contributed by atoms with E-state index in [0.717, 1.165) is 29.9 Å². The van der Waals surface area contributed by atoms with Gasteiger partial charge in [0, 0.05) is 31.2 Å². The van der Waals surface area contributed by atoms with E-state index in [1.165, 1.54) is 30.6 Å². The van der Waals surface area contributed by atoms with Gasteiger partial charge in [0.2, 0.25) is 0 Å². The Morgan fingerprint density at radius 3 is 2.75 bits per heavy atom. The van der Waals surface area contributed by atoms with Gasteiger partial charge in [-0.25, -0.2) is 4.98 Å². The second-order valence-electron chi connectivity index (χ2n) is 5.72. The van der Waals surface area contributed by atoms with Gasteiger partial charge in [-0.15, -0.1) is 11.3 Å². The number of hydrogen-bond donors (Lipinski definition) is 1. The molecule has 0 spiro atoms. The molecule has 2 aliphatic rings. The zero-order valence-electron chi connectivity index (χ0n) is 12.4. The second kappa shape index (κ2) is 6.52. The molecule has 2 aliphatic carbocycles. The number of methoxy groups -OCH3 is 1. The first-order valence-electron chi connectivity index (χ1n) is 7.64. The first-order valence-corrected chi connectivity index (χ1v) is 8.45. The van der Waals surface area contributed by atoms with E-state index in [1.807, 2.05) is 0 Å². The molecule has 2 saturated carbocycles. The SMILES string of the molecule is CCOC(c1nc(COC)c(CNC2CC2)s1)C1CC1. The molecular formula is C15H24N2O2S. The molecule has 2 fully saturated rings. The maximum Gasteiger partial charge on any atom is 0.122 e. The molecule has 0 aliphatic heterocycles. The molecule has 0 amide bonds. The van der Waals surface area contributed by atoms with Gasteiger partial charge in [0.25, 0.3) is 0 Å². The normalized spacial score (nSPS) is 20.3. The van der Waals surface area contributed by atoms with Crippen LogP contribution >= 0.6 is 11.3 Å². The molecule has 0 saturated heterocycles. The topological polar surface area (TPSA) is 43.4 Å². The Labute approximate surface area is 124 Å². The Morgan fingerprint density at radius 1 is 1.35 bits per heavy atom. The van der Waals surface area contributed by atoms with Crippen LogP contribution in [0, 0.1) is 5.92 Å². The van der Waals surface area contributed by atoms with E-state index in [9.17, 15) is 0 Å². The first kappa shape index (κ1) is 14.4. The number of ether oxygens (including phenoxy) is 2. The Balaban J connectivity index is 1.73. The summed E-state index contributed by atoms with van der Waals surface area (Å²) in [5, 5.41) is 4.72. The van der Waals surface area contributed by atoms with Crippen LogP contribution in [0.3, 0.4) is 0 Å². The minimum Gasteiger partial charge on any atom is -0.378 e. The van der Waals surface area contributed by atoms with Crippen molar-refractivity contribution >= 4 is 11.3 Å². The minimum atomic E-state index is 0.204. The first-order chi connectivity index (χ1) is 9.81. The molecule has 0 radical (unpaired) electrons. The highest BCUT2D eigenvalue weighted by Crippen LogP contribution is 2.44. The van der Waals surface area contributed by atoms with Crippen molar-refractivity contribution in [3.63, 3.8) is 0 Å². The highest BCUT2D eigenvalue weighted by Gasteiger charge is 2.35. The molecule has 1 aromatic heterocycles. The molecule has 20 heavy (non-hydrogen) atoms. The molecule has 1 unspecified atom stereocenters. The van der Waals surface area contributed by atoms with Crippen LogP contribution in [0.25, 0.3) is 0 Å². The van der Waals surface area contributed by atoms with Crippen LogP contribution in [0.5, 0.6) is 0 Å². The predicted octanol–water partition coefficient (Wildman–Crippen LogP) is 3.03. The van der Waals surface area contributed by atoms with Gasteiger partial charge in [0.05, 0.1) is 12.3 Å². The second-order valence-corrected chi connectivity index (χ2v) is 6.84. The van der Waals surface area contributed by atoms with Crippen molar-refractivity contribution in [2.45, 2.75) is 57.9 Å². The summed E-state index contributed by atoms with van der Waals surface area (Å²) in [7, 11) is 1.73. The van der Waals surface area contributed by atoms with E-state index in [1.54, 1.807) is 18.4 Å². The van der Waals surface area contributed by atoms with Crippen molar-refractivity contribution in [3.8, 4) is 0 Å². The minimum absolute atomic E-state index is 0.204. The lowest BCUT2D eigenvalue weighted by atomic mass is 10.2. The third-order valence-electron chi connectivity index (χ3n) is 3.84. The average Bonchev–Trinajstić information content (AvgIpc) is 3.33. The molecule has 112 valence electrons. The summed E-state index contributed by atoms with van der Waals surface area (Å²) in [6.07, 6.45) is 5.39. The van der Waals surface area contributed by atoms with Gasteiger partial charge in [-0.1, -0.05) is 0 Å². The molecule has 1 aromatic rings. The molecule has 4 nitrogen and oxygen atoms in total. The lowest BCUT2D eigenvalue weighted by molar-refractivity contribution is 0.0459. The lowest BCUT2D eigenvalue weighted by Crippen LogP contribution is -2.15. The predicted molar refractivity (Wildman–Crippen MR) is 79.8 cm³/mol. The molecule has 0 aromatic carbocycles. The summed E-state index contributed by atoms with van der Waals surface area (Å²) in [5.41, 5.74) is 1.09. The van der Waals surface area contributed by atoms with Crippen molar-refractivity contribution in [1.29, 1.82) is 0 Å². The van der Waals surface area contributed by atoms with Crippen LogP contribution < -0.4 is 5.32 Å². The van der Waals surface area contributed by atoms with Crippen LogP contribution in [0.1, 0.15) is 54.3 Å². The van der Waals surface area contributed by atoms with Gasteiger partial charge < -0.3 is 14.8 Å². The summed E-state index contributed by atoms with van der Waals surface area (Å²) >= 11 is 1.81. The molecule has 5 heteroatoms. The fourth-order valence-electron chi connectivity index (χ4n) is 2.42. The largest absolute Gasteiger partial charge is 0.378 e. The fraction of sp³-hybridized carbons (Fsp3) is 0.800. The van der Waals surface area contributed by atoms with Crippen LogP contribution in [-0.4, -0.2) is 24.7 Å². The zero-order chi connectivity index (χ0) is 13.9. The lowest BCUT2D eigenvalue weighted by Gasteiger charge is -2.12. The molecule has 3 rings (SSSR count). The van der Waals surface area contributed by atoms with E-state index in [0.29, 0.717) is 12.5 Å². The highest BCUT2D eigenvalue weighted by molar-refractivity contribution is 7.11. The third kappa shape index (κ3) is 3.58. The number of nitrogens with zero attached hydrogens (tertiary/aromatic N) is 1. The van der Waals surface area contributed by atoms with E-state index >= 15 is 0 Å². The molecule has 1 N–H and O–H groups in total. The van der Waals surface area contributed by atoms with Gasteiger partial charge in [-0.05, 0) is 38.5 Å². The van der Waals surface area contributed by atoms with Gasteiger partial charge in [-0.2, -0.15) is 0 Å². The smallest absolute Gasteiger partial charge is 0.122 e. The Kier molecular flexibility index (Phi) is 4.71. The quantitative estimate of drug-likeness (QED) is 0.760. The molecular weight excluding hydrogens is 272 g/mol. The number of nitrogens with one attached hydrogen (secondary N) is 1. The van der Waals surface area contributed by atoms with E-state index in [2.05, 4.69) is 12.2 Å². The monoisotopic (exact) mass is 296 g/mol. The molecule has 1 heterocycles. The summed E-state index contributed by atoms with van der Waals surface area (Å²) in [6, 6.07) is 0.724. The van der Waals surface area contributed by atoms with Crippen molar-refractivity contribution in [1.82, 2.24) is 10.3 Å². The van der Waals surface area contributed by atoms with Crippen molar-refractivity contribution < 1.29 is 9.47 Å². The molecule has 0 bridgehead atoms. The van der Waals surface area contributed by atoms with Gasteiger partial charge >= 0.3 is 0 Å². The number of thiazole rings is 1. The summed E-state index contributed by atoms with van der Waals surface area (Å²) < 4.78 is 11.2. The number of aromatic nitrogens is 1. The van der Waals surface area contributed by atoms with Crippen molar-refractivity contribution in [3.05, 3.63) is 15.6 Å². The van der Waals surface area contributed by atoms with E-state index in [-0.39, 0.29) is 6.10 Å². The maximum atomic E-state index is 5.92. The zero-order valence-corrected chi connectivity index (χ0v) is 13.2. The number of hydrogen-bond acceptors (Lipinski definition) is 5. The van der Waals surface area contributed by atoms with Crippen LogP contribution in [0.2, 0.25) is 0 Å². The van der Waals surface area contributed by atoms with E-state index in [4.69, 9.17) is 14.5 Å². The Morgan fingerprint density at radius 2 is 2.15 bits per heavy atom. The number of rotatable bonds is 9. The van der Waals surface area contributed by atoms with Gasteiger partial charge in [0.1, 0.15) is 11.1 Å². The van der Waals surface area contributed by atoms with Crippen LogP contribution in [0.4, 0.5) is 0 Å². The fourth-order valence-corrected chi connectivity index (χ4v) is 3.59. The summed E-state index contributed by atoms with van der Waals surface area (Å²) in [4.78, 5) is 6.13. The maximum absolute atomic E-state index is 5.92. The standard InChI is InChI=1S/C15H24N2O2S/c1-3-19-14(10-4-5-10)15-17-12(9-18-2)13(20-15)8-16-11-6-7-11/h10-11,14,16H,3-9H2,1-2H3. The highest BCUT2D eigenvalue weighted by atomic mass is 32.1. The molecule has 1 atom stereocenters. The van der Waals surface area contributed by atoms with Crippen LogP contribution in [-0.2, 0) is 22.6 Å². The van der Waals surface area contributed by atoms with Crippen LogP contribution in [0.15, 0.2) is 0 Å². The Hall–Kier alpha value is -0.490. The van der Waals surface area contributed by atoms with Crippen molar-refractivity contribution in [2.75, 3.05) is 13.7 Å². The summed E-state index contributed by atoms with van der Waals surface area (Å²) in [6.45, 7) is 4.34. The van der Waals surface area contributed by atoms with Crippen molar-refractivity contribution in [2.24, 2.45) is 5.92 Å². The summed E-state index contributed by atoms with van der Waals surface area (Å²) in [5.74, 6) is 0.681. The third-order valence-corrected chi connectivity index (χ3v) is 5.00. The average molecular weight is 296 g/mol.